The predicted molar refractivity (Wildman–Crippen MR) is 79.8 cm³/mol. The van der Waals surface area contributed by atoms with Gasteiger partial charge in [-0.2, -0.15) is 0 Å². The van der Waals surface area contributed by atoms with Crippen LogP contribution >= 0.6 is 0 Å². The lowest BCUT2D eigenvalue weighted by molar-refractivity contribution is -0.152. The molecule has 6 nitrogen and oxygen atoms in total. The Hall–Kier alpha value is -1.40. The number of carbonyl (C=O) groups excluding carboxylic acids is 2. The van der Waals surface area contributed by atoms with Crippen molar-refractivity contribution in [2.75, 3.05) is 52.5 Å². The molecular formula is C15H25N3O3. The monoisotopic (exact) mass is 295 g/mol. The van der Waals surface area contributed by atoms with Crippen molar-refractivity contribution in [3.63, 3.8) is 0 Å². The molecule has 118 valence electrons. The molecule has 2 amide bonds. The van der Waals surface area contributed by atoms with Crippen LogP contribution in [-0.4, -0.2) is 84.5 Å². The van der Waals surface area contributed by atoms with Gasteiger partial charge in [0.2, 0.25) is 11.8 Å². The van der Waals surface area contributed by atoms with Crippen LogP contribution in [0.15, 0.2) is 12.7 Å². The SMILES string of the molecule is C=CC(=O)N(CC)CC(=O)N1CC(C)(N2CCOCC2)C1. The van der Waals surface area contributed by atoms with Crippen LogP contribution in [0.5, 0.6) is 0 Å². The molecule has 0 radical (unpaired) electrons. The van der Waals surface area contributed by atoms with Crippen LogP contribution in [0.3, 0.4) is 0 Å². The number of rotatable bonds is 5. The van der Waals surface area contributed by atoms with Gasteiger partial charge in [-0.3, -0.25) is 14.5 Å². The molecule has 0 aromatic rings. The van der Waals surface area contributed by atoms with E-state index in [2.05, 4.69) is 18.4 Å². The number of hydrogen-bond donors (Lipinski definition) is 0. The molecule has 0 aliphatic carbocycles. The molecule has 6 heteroatoms. The van der Waals surface area contributed by atoms with Gasteiger partial charge >= 0.3 is 0 Å². The summed E-state index contributed by atoms with van der Waals surface area (Å²) in [5, 5.41) is 0. The van der Waals surface area contributed by atoms with Crippen molar-refractivity contribution in [2.24, 2.45) is 0 Å². The van der Waals surface area contributed by atoms with E-state index < -0.39 is 0 Å². The third-order valence-electron chi connectivity index (χ3n) is 4.38. The van der Waals surface area contributed by atoms with Crippen LogP contribution in [0.4, 0.5) is 0 Å². The Bertz CT molecular complexity index is 412. The van der Waals surface area contributed by atoms with E-state index in [9.17, 15) is 9.59 Å². The zero-order valence-corrected chi connectivity index (χ0v) is 13.0. The van der Waals surface area contributed by atoms with Crippen molar-refractivity contribution < 1.29 is 14.3 Å². The highest BCUT2D eigenvalue weighted by molar-refractivity contribution is 5.91. The van der Waals surface area contributed by atoms with Gasteiger partial charge in [-0.1, -0.05) is 6.58 Å². The minimum absolute atomic E-state index is 0.0118. The molecule has 0 spiro atoms. The van der Waals surface area contributed by atoms with Crippen molar-refractivity contribution in [1.82, 2.24) is 14.7 Å². The van der Waals surface area contributed by atoms with E-state index in [1.54, 1.807) is 0 Å². The van der Waals surface area contributed by atoms with Crippen LogP contribution in [0.2, 0.25) is 0 Å². The van der Waals surface area contributed by atoms with Crippen LogP contribution in [0.25, 0.3) is 0 Å². The number of nitrogens with zero attached hydrogens (tertiary/aromatic N) is 3. The van der Waals surface area contributed by atoms with Gasteiger partial charge < -0.3 is 14.5 Å². The number of amides is 2. The third kappa shape index (κ3) is 3.44. The van der Waals surface area contributed by atoms with Crippen molar-refractivity contribution >= 4 is 11.8 Å². The smallest absolute Gasteiger partial charge is 0.246 e. The molecular weight excluding hydrogens is 270 g/mol. The van der Waals surface area contributed by atoms with Gasteiger partial charge in [-0.25, -0.2) is 0 Å². The van der Waals surface area contributed by atoms with E-state index in [-0.39, 0.29) is 23.9 Å². The summed E-state index contributed by atoms with van der Waals surface area (Å²) in [6, 6.07) is 0. The molecule has 2 fully saturated rings. The Kier molecular flexibility index (Phi) is 5.00. The van der Waals surface area contributed by atoms with Crippen molar-refractivity contribution in [3.05, 3.63) is 12.7 Å². The summed E-state index contributed by atoms with van der Waals surface area (Å²) in [7, 11) is 0. The Morgan fingerprint density at radius 2 is 1.95 bits per heavy atom. The third-order valence-corrected chi connectivity index (χ3v) is 4.38. The fourth-order valence-electron chi connectivity index (χ4n) is 2.99. The minimum Gasteiger partial charge on any atom is -0.379 e. The zero-order valence-electron chi connectivity index (χ0n) is 13.0. The average Bonchev–Trinajstić information content (AvgIpc) is 2.49. The Morgan fingerprint density at radius 3 is 2.48 bits per heavy atom. The van der Waals surface area contributed by atoms with E-state index in [4.69, 9.17) is 4.74 Å². The summed E-state index contributed by atoms with van der Waals surface area (Å²) in [6.45, 7) is 13.0. The first-order chi connectivity index (χ1) is 10.00. The standard InChI is InChI=1S/C15H25N3O3/c1-4-13(19)16(5-2)10-14(20)17-11-15(3,12-17)18-6-8-21-9-7-18/h4H,1,5-12H2,2-3H3. The number of carbonyl (C=O) groups is 2. The molecule has 0 aromatic heterocycles. The Balaban J connectivity index is 1.83. The highest BCUT2D eigenvalue weighted by Gasteiger charge is 2.45. The molecule has 0 N–H and O–H groups in total. The molecule has 21 heavy (non-hydrogen) atoms. The highest BCUT2D eigenvalue weighted by atomic mass is 16.5. The summed E-state index contributed by atoms with van der Waals surface area (Å²) in [5.41, 5.74) is 0.0545. The first-order valence-corrected chi connectivity index (χ1v) is 7.52. The maximum atomic E-state index is 12.2. The van der Waals surface area contributed by atoms with Gasteiger partial charge in [-0.15, -0.1) is 0 Å². The molecule has 0 unspecified atom stereocenters. The topological polar surface area (TPSA) is 53.1 Å². The lowest BCUT2D eigenvalue weighted by atomic mass is 9.89. The van der Waals surface area contributed by atoms with Gasteiger partial charge in [-0.05, 0) is 19.9 Å². The number of likely N-dealkylation sites (tertiary alicyclic amines) is 1. The lowest BCUT2D eigenvalue weighted by Crippen LogP contribution is -2.71. The average molecular weight is 295 g/mol. The molecule has 2 heterocycles. The summed E-state index contributed by atoms with van der Waals surface area (Å²) < 4.78 is 5.37. The summed E-state index contributed by atoms with van der Waals surface area (Å²) in [5.74, 6) is -0.180. The fraction of sp³-hybridized carbons (Fsp3) is 0.733. The number of ether oxygens (including phenoxy) is 1. The molecule has 0 aromatic carbocycles. The maximum absolute atomic E-state index is 12.2. The number of hydrogen-bond acceptors (Lipinski definition) is 4. The van der Waals surface area contributed by atoms with E-state index in [0.29, 0.717) is 6.54 Å². The summed E-state index contributed by atoms with van der Waals surface area (Å²) >= 11 is 0. The molecule has 0 atom stereocenters. The van der Waals surface area contributed by atoms with Crippen LogP contribution in [-0.2, 0) is 14.3 Å². The van der Waals surface area contributed by atoms with Crippen LogP contribution in [0, 0.1) is 0 Å². The first-order valence-electron chi connectivity index (χ1n) is 7.52. The second kappa shape index (κ2) is 6.58. The second-order valence-corrected chi connectivity index (χ2v) is 5.90. The van der Waals surface area contributed by atoms with Gasteiger partial charge in [0.25, 0.3) is 0 Å². The van der Waals surface area contributed by atoms with Gasteiger partial charge in [0.1, 0.15) is 0 Å². The fourth-order valence-corrected chi connectivity index (χ4v) is 2.99. The van der Waals surface area contributed by atoms with E-state index in [0.717, 1.165) is 39.4 Å². The molecule has 0 bridgehead atoms. The van der Waals surface area contributed by atoms with Gasteiger partial charge in [0.05, 0.1) is 25.3 Å². The molecule has 2 rings (SSSR count). The quantitative estimate of drug-likeness (QED) is 0.668. The lowest BCUT2D eigenvalue weighted by Gasteiger charge is -2.55. The summed E-state index contributed by atoms with van der Waals surface area (Å²) in [4.78, 5) is 29.6. The zero-order chi connectivity index (χ0) is 15.5. The Morgan fingerprint density at radius 1 is 1.33 bits per heavy atom. The number of morpholine rings is 1. The van der Waals surface area contributed by atoms with Crippen molar-refractivity contribution in [1.29, 1.82) is 0 Å². The maximum Gasteiger partial charge on any atom is 0.246 e. The van der Waals surface area contributed by atoms with Crippen LogP contribution in [0.1, 0.15) is 13.8 Å². The predicted octanol–water partition coefficient (Wildman–Crippen LogP) is -0.0460. The van der Waals surface area contributed by atoms with Gasteiger partial charge in [0, 0.05) is 32.7 Å². The Labute approximate surface area is 126 Å². The van der Waals surface area contributed by atoms with Gasteiger partial charge in [0.15, 0.2) is 0 Å². The van der Waals surface area contributed by atoms with E-state index >= 15 is 0 Å². The molecule has 2 saturated heterocycles. The van der Waals surface area contributed by atoms with E-state index in [1.807, 2.05) is 11.8 Å². The largest absolute Gasteiger partial charge is 0.379 e. The van der Waals surface area contributed by atoms with E-state index in [1.165, 1.54) is 11.0 Å². The first kappa shape index (κ1) is 16.0. The van der Waals surface area contributed by atoms with Crippen molar-refractivity contribution in [2.45, 2.75) is 19.4 Å². The number of likely N-dealkylation sites (N-methyl/N-ethyl adjacent to an activating group) is 1. The summed E-state index contributed by atoms with van der Waals surface area (Å²) in [6.07, 6.45) is 1.25. The molecule has 2 aliphatic heterocycles. The highest BCUT2D eigenvalue weighted by Crippen LogP contribution is 2.28. The normalized spacial score (nSPS) is 21.5. The van der Waals surface area contributed by atoms with Crippen LogP contribution < -0.4 is 0 Å². The molecule has 2 aliphatic rings. The van der Waals surface area contributed by atoms with Crippen molar-refractivity contribution in [3.8, 4) is 0 Å². The second-order valence-electron chi connectivity index (χ2n) is 5.90. The minimum atomic E-state index is -0.192. The molecule has 0 saturated carbocycles.